The van der Waals surface area contributed by atoms with Gasteiger partial charge in [0.25, 0.3) is 0 Å². The Hall–Kier alpha value is -0.280. The minimum absolute atomic E-state index is 0.693. The highest BCUT2D eigenvalue weighted by Crippen LogP contribution is 2.20. The predicted molar refractivity (Wildman–Crippen MR) is 83.1 cm³/mol. The number of benzene rings is 1. The number of rotatable bonds is 6. The van der Waals surface area contributed by atoms with Crippen LogP contribution < -0.4 is 5.32 Å². The molecule has 0 aromatic heterocycles. The summed E-state index contributed by atoms with van der Waals surface area (Å²) in [5, 5.41) is 4.89. The predicted octanol–water partition coefficient (Wildman–Crippen LogP) is 3.96. The normalized spacial score (nSPS) is 16.7. The third-order valence-electron chi connectivity index (χ3n) is 3.61. The summed E-state index contributed by atoms with van der Waals surface area (Å²) >= 11 is 12.0. The fraction of sp³-hybridized carbons (Fsp3) is 0.600. The number of likely N-dealkylation sites (tertiary alicyclic amines) is 1. The lowest BCUT2D eigenvalue weighted by molar-refractivity contribution is 0.225. The Labute approximate surface area is 126 Å². The average Bonchev–Trinajstić information content (AvgIpc) is 2.42. The second-order valence-electron chi connectivity index (χ2n) is 5.17. The maximum absolute atomic E-state index is 6.13. The molecule has 1 saturated heterocycles. The van der Waals surface area contributed by atoms with E-state index in [9.17, 15) is 0 Å². The van der Waals surface area contributed by atoms with E-state index in [2.05, 4.69) is 10.2 Å². The Balaban J connectivity index is 1.61. The number of piperidine rings is 1. The molecule has 0 amide bonds. The molecule has 1 aliphatic heterocycles. The van der Waals surface area contributed by atoms with Crippen molar-refractivity contribution in [1.82, 2.24) is 10.2 Å². The topological polar surface area (TPSA) is 15.3 Å². The molecule has 0 saturated carbocycles. The molecular weight excluding hydrogens is 279 g/mol. The van der Waals surface area contributed by atoms with Crippen molar-refractivity contribution in [2.45, 2.75) is 32.2 Å². The SMILES string of the molecule is Clc1ccc(CNCCCN2CCCCC2)c(Cl)c1. The molecule has 0 atom stereocenters. The molecule has 1 N–H and O–H groups in total. The van der Waals surface area contributed by atoms with Gasteiger partial charge in [-0.15, -0.1) is 0 Å². The van der Waals surface area contributed by atoms with Crippen molar-refractivity contribution in [3.63, 3.8) is 0 Å². The molecule has 2 rings (SSSR count). The van der Waals surface area contributed by atoms with Crippen LogP contribution in [0, 0.1) is 0 Å². The van der Waals surface area contributed by atoms with E-state index in [1.165, 1.54) is 45.3 Å². The summed E-state index contributed by atoms with van der Waals surface area (Å²) in [6, 6.07) is 5.67. The molecular formula is C15H22Cl2N2. The van der Waals surface area contributed by atoms with Crippen molar-refractivity contribution in [2.24, 2.45) is 0 Å². The van der Waals surface area contributed by atoms with Crippen molar-refractivity contribution < 1.29 is 0 Å². The van der Waals surface area contributed by atoms with E-state index < -0.39 is 0 Å². The van der Waals surface area contributed by atoms with Gasteiger partial charge >= 0.3 is 0 Å². The van der Waals surface area contributed by atoms with Gasteiger partial charge in [-0.1, -0.05) is 35.7 Å². The lowest BCUT2D eigenvalue weighted by Gasteiger charge is -2.26. The van der Waals surface area contributed by atoms with Gasteiger partial charge in [-0.25, -0.2) is 0 Å². The van der Waals surface area contributed by atoms with Gasteiger partial charge in [-0.2, -0.15) is 0 Å². The summed E-state index contributed by atoms with van der Waals surface area (Å²) in [5.41, 5.74) is 1.11. The monoisotopic (exact) mass is 300 g/mol. The van der Waals surface area contributed by atoms with Crippen LogP contribution in [0.4, 0.5) is 0 Å². The quantitative estimate of drug-likeness (QED) is 0.800. The molecule has 0 aliphatic carbocycles. The van der Waals surface area contributed by atoms with Crippen molar-refractivity contribution in [3.05, 3.63) is 33.8 Å². The maximum Gasteiger partial charge on any atom is 0.0465 e. The van der Waals surface area contributed by atoms with Crippen LogP contribution in [-0.2, 0) is 6.54 Å². The molecule has 1 aromatic carbocycles. The lowest BCUT2D eigenvalue weighted by atomic mass is 10.1. The zero-order chi connectivity index (χ0) is 13.5. The number of nitrogens with zero attached hydrogens (tertiary/aromatic N) is 1. The first-order valence-corrected chi connectivity index (χ1v) is 7.88. The molecule has 1 aromatic rings. The third-order valence-corrected chi connectivity index (χ3v) is 4.19. The van der Waals surface area contributed by atoms with E-state index in [1.807, 2.05) is 12.1 Å². The molecule has 2 nitrogen and oxygen atoms in total. The van der Waals surface area contributed by atoms with Gasteiger partial charge in [0.15, 0.2) is 0 Å². The smallest absolute Gasteiger partial charge is 0.0465 e. The van der Waals surface area contributed by atoms with Crippen LogP contribution in [0.3, 0.4) is 0 Å². The van der Waals surface area contributed by atoms with E-state index in [-0.39, 0.29) is 0 Å². The van der Waals surface area contributed by atoms with Crippen LogP contribution in [0.25, 0.3) is 0 Å². The van der Waals surface area contributed by atoms with Gasteiger partial charge in [-0.05, 0) is 63.1 Å². The number of hydrogen-bond acceptors (Lipinski definition) is 2. The van der Waals surface area contributed by atoms with E-state index in [4.69, 9.17) is 23.2 Å². The van der Waals surface area contributed by atoms with Crippen LogP contribution in [0.2, 0.25) is 10.0 Å². The number of halogens is 2. The summed E-state index contributed by atoms with van der Waals surface area (Å²) in [5.74, 6) is 0. The van der Waals surface area contributed by atoms with E-state index in [1.54, 1.807) is 6.07 Å². The summed E-state index contributed by atoms with van der Waals surface area (Å²) in [6.45, 7) is 5.62. The Bertz CT molecular complexity index is 390. The molecule has 0 unspecified atom stereocenters. The molecule has 4 heteroatoms. The third kappa shape index (κ3) is 5.31. The number of nitrogens with one attached hydrogen (secondary N) is 1. The van der Waals surface area contributed by atoms with Gasteiger partial charge in [0.1, 0.15) is 0 Å². The average molecular weight is 301 g/mol. The van der Waals surface area contributed by atoms with Crippen molar-refractivity contribution in [3.8, 4) is 0 Å². The summed E-state index contributed by atoms with van der Waals surface area (Å²) in [4.78, 5) is 2.57. The van der Waals surface area contributed by atoms with Crippen LogP contribution in [0.5, 0.6) is 0 Å². The zero-order valence-corrected chi connectivity index (χ0v) is 12.8. The molecule has 19 heavy (non-hydrogen) atoms. The van der Waals surface area contributed by atoms with E-state index in [0.717, 1.165) is 23.7 Å². The van der Waals surface area contributed by atoms with Gasteiger partial charge in [0, 0.05) is 16.6 Å². The fourth-order valence-electron chi connectivity index (χ4n) is 2.50. The first kappa shape index (κ1) is 15.1. The summed E-state index contributed by atoms with van der Waals surface area (Å²) < 4.78 is 0. The first-order chi connectivity index (χ1) is 9.25. The molecule has 1 heterocycles. The molecule has 1 aliphatic rings. The molecule has 0 radical (unpaired) electrons. The van der Waals surface area contributed by atoms with Crippen LogP contribution in [0.1, 0.15) is 31.2 Å². The fourth-order valence-corrected chi connectivity index (χ4v) is 2.97. The maximum atomic E-state index is 6.13. The van der Waals surface area contributed by atoms with Gasteiger partial charge in [0.05, 0.1) is 0 Å². The first-order valence-electron chi connectivity index (χ1n) is 7.13. The highest BCUT2D eigenvalue weighted by molar-refractivity contribution is 6.35. The van der Waals surface area contributed by atoms with Crippen LogP contribution >= 0.6 is 23.2 Å². The Morgan fingerprint density at radius 2 is 1.89 bits per heavy atom. The summed E-state index contributed by atoms with van der Waals surface area (Å²) in [6.07, 6.45) is 5.34. The zero-order valence-electron chi connectivity index (χ0n) is 11.3. The Morgan fingerprint density at radius 1 is 1.11 bits per heavy atom. The molecule has 106 valence electrons. The minimum atomic E-state index is 0.693. The highest BCUT2D eigenvalue weighted by atomic mass is 35.5. The lowest BCUT2D eigenvalue weighted by Crippen LogP contribution is -2.32. The summed E-state index contributed by atoms with van der Waals surface area (Å²) in [7, 11) is 0. The van der Waals surface area contributed by atoms with Gasteiger partial charge in [0.2, 0.25) is 0 Å². The van der Waals surface area contributed by atoms with Crippen LogP contribution in [-0.4, -0.2) is 31.1 Å². The van der Waals surface area contributed by atoms with Crippen molar-refractivity contribution >= 4 is 23.2 Å². The van der Waals surface area contributed by atoms with Gasteiger partial charge in [-0.3, -0.25) is 0 Å². The van der Waals surface area contributed by atoms with E-state index >= 15 is 0 Å². The second-order valence-corrected chi connectivity index (χ2v) is 6.01. The standard InChI is InChI=1S/C15H22Cl2N2/c16-14-6-5-13(15(17)11-14)12-18-7-4-10-19-8-2-1-3-9-19/h5-6,11,18H,1-4,7-10,12H2. The molecule has 1 fully saturated rings. The largest absolute Gasteiger partial charge is 0.313 e. The van der Waals surface area contributed by atoms with Crippen molar-refractivity contribution in [2.75, 3.05) is 26.2 Å². The van der Waals surface area contributed by atoms with Crippen molar-refractivity contribution in [1.29, 1.82) is 0 Å². The van der Waals surface area contributed by atoms with Crippen LogP contribution in [0.15, 0.2) is 18.2 Å². The van der Waals surface area contributed by atoms with E-state index in [0.29, 0.717) is 5.02 Å². The number of hydrogen-bond donors (Lipinski definition) is 1. The molecule has 0 spiro atoms. The Morgan fingerprint density at radius 3 is 2.63 bits per heavy atom. The highest BCUT2D eigenvalue weighted by Gasteiger charge is 2.08. The van der Waals surface area contributed by atoms with Gasteiger partial charge < -0.3 is 10.2 Å². The Kier molecular flexibility index (Phi) is 6.45. The minimum Gasteiger partial charge on any atom is -0.313 e. The second kappa shape index (κ2) is 8.11. The molecule has 0 bridgehead atoms.